The van der Waals surface area contributed by atoms with Crippen LogP contribution in [-0.2, 0) is 16.1 Å². The summed E-state index contributed by atoms with van der Waals surface area (Å²) in [4.78, 5) is 31.9. The van der Waals surface area contributed by atoms with Crippen molar-refractivity contribution in [2.75, 3.05) is 13.1 Å². The summed E-state index contributed by atoms with van der Waals surface area (Å²) in [5, 5.41) is 5.88. The zero-order chi connectivity index (χ0) is 20.6. The summed E-state index contributed by atoms with van der Waals surface area (Å²) in [6.07, 6.45) is 4.03. The summed E-state index contributed by atoms with van der Waals surface area (Å²) < 4.78 is 5.34. The minimum Gasteiger partial charge on any atom is -0.445 e. The van der Waals surface area contributed by atoms with E-state index in [1.807, 2.05) is 60.7 Å². The molecule has 1 aromatic carbocycles. The molecule has 0 bridgehead atoms. The van der Waals surface area contributed by atoms with Gasteiger partial charge in [-0.1, -0.05) is 50.6 Å². The SMILES string of the molecule is CC[C@H](C)[C@H](NC(=O)OCc1ccccc1)C(=O)N1CCCC(c2nccs2)C1. The van der Waals surface area contributed by atoms with Crippen molar-refractivity contribution < 1.29 is 14.3 Å². The van der Waals surface area contributed by atoms with E-state index in [4.69, 9.17) is 4.74 Å². The van der Waals surface area contributed by atoms with E-state index in [1.165, 1.54) is 0 Å². The number of hydrogen-bond donors (Lipinski definition) is 1. The van der Waals surface area contributed by atoms with Crippen LogP contribution in [0.3, 0.4) is 0 Å². The number of alkyl carbamates (subject to hydrolysis) is 1. The lowest BCUT2D eigenvalue weighted by atomic mass is 9.94. The number of nitrogens with one attached hydrogen (secondary N) is 1. The highest BCUT2D eigenvalue weighted by atomic mass is 32.1. The number of ether oxygens (including phenoxy) is 1. The van der Waals surface area contributed by atoms with Gasteiger partial charge in [-0.25, -0.2) is 9.78 Å². The van der Waals surface area contributed by atoms with Crippen molar-refractivity contribution in [2.45, 2.75) is 51.7 Å². The van der Waals surface area contributed by atoms with Crippen LogP contribution in [0.1, 0.15) is 49.6 Å². The molecule has 1 N–H and O–H groups in total. The van der Waals surface area contributed by atoms with E-state index in [1.54, 1.807) is 11.3 Å². The molecule has 1 unspecified atom stereocenters. The highest BCUT2D eigenvalue weighted by Gasteiger charge is 2.34. The maximum absolute atomic E-state index is 13.3. The van der Waals surface area contributed by atoms with Gasteiger partial charge in [0.25, 0.3) is 0 Å². The van der Waals surface area contributed by atoms with E-state index in [9.17, 15) is 9.59 Å². The molecule has 0 saturated carbocycles. The van der Waals surface area contributed by atoms with Gasteiger partial charge < -0.3 is 15.0 Å². The maximum Gasteiger partial charge on any atom is 0.408 e. The van der Waals surface area contributed by atoms with Crippen LogP contribution in [-0.4, -0.2) is 41.0 Å². The highest BCUT2D eigenvalue weighted by Crippen LogP contribution is 2.29. The van der Waals surface area contributed by atoms with Crippen LogP contribution in [0.2, 0.25) is 0 Å². The van der Waals surface area contributed by atoms with Gasteiger partial charge >= 0.3 is 6.09 Å². The van der Waals surface area contributed by atoms with Gasteiger partial charge in [-0.05, 0) is 24.3 Å². The molecule has 1 saturated heterocycles. The van der Waals surface area contributed by atoms with Crippen molar-refractivity contribution in [2.24, 2.45) is 5.92 Å². The molecule has 1 aliphatic rings. The Morgan fingerprint density at radius 2 is 2.14 bits per heavy atom. The average Bonchev–Trinajstić information content (AvgIpc) is 3.31. The van der Waals surface area contributed by atoms with Crippen molar-refractivity contribution in [3.8, 4) is 0 Å². The number of carbonyl (C=O) groups excluding carboxylic acids is 2. The largest absolute Gasteiger partial charge is 0.445 e. The number of piperidine rings is 1. The number of rotatable bonds is 7. The minimum atomic E-state index is -0.585. The summed E-state index contributed by atoms with van der Waals surface area (Å²) in [7, 11) is 0. The molecular formula is C22H29N3O3S. The quantitative estimate of drug-likeness (QED) is 0.736. The molecule has 3 atom stereocenters. The highest BCUT2D eigenvalue weighted by molar-refractivity contribution is 7.09. The summed E-state index contributed by atoms with van der Waals surface area (Å²) in [6, 6.07) is 8.93. The second kappa shape index (κ2) is 10.4. The van der Waals surface area contributed by atoms with Gasteiger partial charge in [0.1, 0.15) is 12.6 Å². The Kier molecular flexibility index (Phi) is 7.63. The molecule has 7 heteroatoms. The Morgan fingerprint density at radius 3 is 2.83 bits per heavy atom. The second-order valence-corrected chi connectivity index (χ2v) is 8.49. The van der Waals surface area contributed by atoms with Crippen molar-refractivity contribution in [1.29, 1.82) is 0 Å². The van der Waals surface area contributed by atoms with Crippen LogP contribution >= 0.6 is 11.3 Å². The molecule has 29 heavy (non-hydrogen) atoms. The van der Waals surface area contributed by atoms with Crippen molar-refractivity contribution in [3.63, 3.8) is 0 Å². The monoisotopic (exact) mass is 415 g/mol. The van der Waals surface area contributed by atoms with Gasteiger partial charge in [-0.3, -0.25) is 4.79 Å². The first-order chi connectivity index (χ1) is 14.1. The zero-order valence-electron chi connectivity index (χ0n) is 17.0. The smallest absolute Gasteiger partial charge is 0.408 e. The number of hydrogen-bond acceptors (Lipinski definition) is 5. The van der Waals surface area contributed by atoms with Crippen LogP contribution in [0.15, 0.2) is 41.9 Å². The molecule has 0 radical (unpaired) electrons. The molecule has 2 heterocycles. The van der Waals surface area contributed by atoms with Gasteiger partial charge in [-0.15, -0.1) is 11.3 Å². The van der Waals surface area contributed by atoms with Crippen LogP contribution in [0.25, 0.3) is 0 Å². The molecule has 1 aliphatic heterocycles. The maximum atomic E-state index is 13.3. The normalized spacial score (nSPS) is 18.7. The van der Waals surface area contributed by atoms with E-state index in [0.717, 1.165) is 29.8 Å². The van der Waals surface area contributed by atoms with Gasteiger partial charge in [0.05, 0.1) is 5.01 Å². The number of nitrogens with zero attached hydrogens (tertiary/aromatic N) is 2. The third-order valence-corrected chi connectivity index (χ3v) is 6.44. The van der Waals surface area contributed by atoms with E-state index < -0.39 is 12.1 Å². The lowest BCUT2D eigenvalue weighted by Gasteiger charge is -2.35. The minimum absolute atomic E-state index is 0.0204. The van der Waals surface area contributed by atoms with E-state index in [0.29, 0.717) is 13.1 Å². The Balaban J connectivity index is 1.61. The number of likely N-dealkylation sites (tertiary alicyclic amines) is 1. The molecule has 1 fully saturated rings. The number of amides is 2. The summed E-state index contributed by atoms with van der Waals surface area (Å²) in [5.74, 6) is 0.264. The summed E-state index contributed by atoms with van der Waals surface area (Å²) in [5.41, 5.74) is 0.913. The number of carbonyl (C=O) groups is 2. The lowest BCUT2D eigenvalue weighted by Crippen LogP contribution is -2.53. The Morgan fingerprint density at radius 1 is 1.34 bits per heavy atom. The first kappa shape index (κ1) is 21.3. The van der Waals surface area contributed by atoms with E-state index in [-0.39, 0.29) is 24.3 Å². The first-order valence-electron chi connectivity index (χ1n) is 10.2. The average molecular weight is 416 g/mol. The van der Waals surface area contributed by atoms with Crippen molar-refractivity contribution in [3.05, 3.63) is 52.5 Å². The Hall–Kier alpha value is -2.41. The number of thiazole rings is 1. The van der Waals surface area contributed by atoms with Crippen molar-refractivity contribution >= 4 is 23.3 Å². The Labute approximate surface area is 176 Å². The molecule has 6 nitrogen and oxygen atoms in total. The fourth-order valence-electron chi connectivity index (χ4n) is 3.59. The molecule has 2 aromatic rings. The fraction of sp³-hybridized carbons (Fsp3) is 0.500. The first-order valence-corrected chi connectivity index (χ1v) is 11.1. The predicted octanol–water partition coefficient (Wildman–Crippen LogP) is 4.19. The van der Waals surface area contributed by atoms with Crippen LogP contribution in [0.5, 0.6) is 0 Å². The van der Waals surface area contributed by atoms with E-state index >= 15 is 0 Å². The zero-order valence-corrected chi connectivity index (χ0v) is 17.9. The van der Waals surface area contributed by atoms with Crippen LogP contribution in [0, 0.1) is 5.92 Å². The van der Waals surface area contributed by atoms with Crippen molar-refractivity contribution in [1.82, 2.24) is 15.2 Å². The van der Waals surface area contributed by atoms with Gasteiger partial charge in [0.15, 0.2) is 0 Å². The predicted molar refractivity (Wildman–Crippen MR) is 114 cm³/mol. The number of aromatic nitrogens is 1. The summed E-state index contributed by atoms with van der Waals surface area (Å²) in [6.45, 7) is 5.57. The van der Waals surface area contributed by atoms with Crippen LogP contribution in [0.4, 0.5) is 4.79 Å². The topological polar surface area (TPSA) is 71.5 Å². The Bertz CT molecular complexity index is 782. The number of benzene rings is 1. The standard InChI is InChI=1S/C22H29N3O3S/c1-3-16(2)19(24-22(27)28-15-17-8-5-4-6-9-17)21(26)25-12-7-10-18(14-25)20-23-11-13-29-20/h4-6,8-9,11,13,16,18-19H,3,7,10,12,14-15H2,1-2H3,(H,24,27)/t16-,18?,19-/m0/s1. The molecule has 156 valence electrons. The molecule has 2 amide bonds. The van der Waals surface area contributed by atoms with E-state index in [2.05, 4.69) is 10.3 Å². The van der Waals surface area contributed by atoms with Gasteiger partial charge in [0.2, 0.25) is 5.91 Å². The molecule has 0 spiro atoms. The third-order valence-electron chi connectivity index (χ3n) is 5.50. The van der Waals surface area contributed by atoms with Crippen LogP contribution < -0.4 is 5.32 Å². The molecule has 3 rings (SSSR count). The van der Waals surface area contributed by atoms with Gasteiger partial charge in [0, 0.05) is 30.6 Å². The lowest BCUT2D eigenvalue weighted by molar-refractivity contribution is -0.135. The fourth-order valence-corrected chi connectivity index (χ4v) is 4.35. The third kappa shape index (κ3) is 5.79. The molecule has 0 aliphatic carbocycles. The molecule has 1 aromatic heterocycles. The molecular weight excluding hydrogens is 386 g/mol. The second-order valence-electron chi connectivity index (χ2n) is 7.56. The van der Waals surface area contributed by atoms with Gasteiger partial charge in [-0.2, -0.15) is 0 Å². The summed E-state index contributed by atoms with van der Waals surface area (Å²) >= 11 is 1.64.